The third-order valence-corrected chi connectivity index (χ3v) is 5.20. The maximum atomic E-state index is 9.93. The molecule has 2 aromatic heterocycles. The highest BCUT2D eigenvalue weighted by Gasteiger charge is 2.15. The van der Waals surface area contributed by atoms with Crippen LogP contribution in [-0.2, 0) is 0 Å². The summed E-state index contributed by atoms with van der Waals surface area (Å²) in [5.41, 5.74) is 4.58. The second-order valence-corrected chi connectivity index (χ2v) is 6.86. The number of fused-ring (bicyclic) bond motifs is 9. The van der Waals surface area contributed by atoms with Gasteiger partial charge >= 0.3 is 0 Å². The van der Waals surface area contributed by atoms with E-state index in [0.717, 1.165) is 54.6 Å². The van der Waals surface area contributed by atoms with Gasteiger partial charge in [0.25, 0.3) is 0 Å². The van der Waals surface area contributed by atoms with Gasteiger partial charge in [0.05, 0.1) is 0 Å². The van der Waals surface area contributed by atoms with E-state index in [2.05, 4.69) is 31.2 Å². The number of aromatic hydroxyl groups is 1. The summed E-state index contributed by atoms with van der Waals surface area (Å²) in [6.07, 6.45) is 0. The molecule has 2 heterocycles. The van der Waals surface area contributed by atoms with E-state index in [1.165, 1.54) is 5.56 Å². The predicted octanol–water partition coefficient (Wildman–Crippen LogP) is 7.68. The summed E-state index contributed by atoms with van der Waals surface area (Å²) in [5.74, 6) is 0.239. The molecule has 0 aliphatic heterocycles. The van der Waals surface area contributed by atoms with Gasteiger partial charge in [0, 0.05) is 21.5 Å². The van der Waals surface area contributed by atoms with Crippen molar-refractivity contribution in [1.29, 1.82) is 0 Å². The van der Waals surface area contributed by atoms with Crippen LogP contribution in [0.2, 0.25) is 0 Å². The summed E-state index contributed by atoms with van der Waals surface area (Å²) in [6, 6.07) is 19.7. The lowest BCUT2D eigenvalue weighted by molar-refractivity contribution is 0.476. The number of hydrogen-bond donors (Lipinski definition) is 1. The molecule has 0 amide bonds. The Labute approximate surface area is 161 Å². The third-order valence-electron chi connectivity index (χ3n) is 5.20. The van der Waals surface area contributed by atoms with Crippen molar-refractivity contribution in [3.63, 3.8) is 0 Å². The molecule has 0 spiro atoms. The van der Waals surface area contributed by atoms with Crippen molar-refractivity contribution < 1.29 is 13.9 Å². The largest absolute Gasteiger partial charge is 0.508 e. The molecule has 28 heavy (non-hydrogen) atoms. The fourth-order valence-corrected chi connectivity index (χ4v) is 4.06. The molecule has 3 nitrogen and oxygen atoms in total. The van der Waals surface area contributed by atoms with Crippen molar-refractivity contribution in [3.05, 3.63) is 66.2 Å². The molecule has 0 bridgehead atoms. The van der Waals surface area contributed by atoms with Gasteiger partial charge in [-0.1, -0.05) is 25.5 Å². The molecule has 0 radical (unpaired) electrons. The Morgan fingerprint density at radius 1 is 0.571 bits per heavy atom. The number of rotatable bonds is 0. The zero-order valence-corrected chi connectivity index (χ0v) is 16.0. The van der Waals surface area contributed by atoms with E-state index in [-0.39, 0.29) is 5.75 Å². The first kappa shape index (κ1) is 16.7. The van der Waals surface area contributed by atoms with Crippen LogP contribution in [0, 0.1) is 6.92 Å². The maximum Gasteiger partial charge on any atom is 0.136 e. The van der Waals surface area contributed by atoms with Crippen molar-refractivity contribution in [2.45, 2.75) is 20.8 Å². The van der Waals surface area contributed by atoms with Gasteiger partial charge in [0.2, 0.25) is 0 Å². The molecule has 0 fully saturated rings. The van der Waals surface area contributed by atoms with Crippen LogP contribution < -0.4 is 0 Å². The van der Waals surface area contributed by atoms with Crippen LogP contribution in [0.5, 0.6) is 5.75 Å². The molecule has 0 atom stereocenters. The normalized spacial score (nSPS) is 11.5. The fraction of sp³-hybridized carbons (Fsp3) is 0.120. The standard InChI is InChI=1S/C23H14O3.C2H6/c1-12-2-6-18-16(10-12)22-14-4-9-21-23(15(14)5-8-20(22)25-18)17-11-13(24)3-7-19(17)26-21;1-2/h2-11,24H,1H3;1-2H3. The van der Waals surface area contributed by atoms with Gasteiger partial charge in [0.1, 0.15) is 28.1 Å². The van der Waals surface area contributed by atoms with Crippen LogP contribution in [0.15, 0.2) is 69.5 Å². The van der Waals surface area contributed by atoms with E-state index in [1.54, 1.807) is 12.1 Å². The van der Waals surface area contributed by atoms with Crippen molar-refractivity contribution in [2.75, 3.05) is 0 Å². The average molecular weight is 368 g/mol. The van der Waals surface area contributed by atoms with Gasteiger partial charge in [-0.15, -0.1) is 0 Å². The first-order chi connectivity index (χ1) is 13.7. The zero-order chi connectivity index (χ0) is 19.4. The number of phenols is 1. The van der Waals surface area contributed by atoms with E-state index >= 15 is 0 Å². The van der Waals surface area contributed by atoms with E-state index in [0.29, 0.717) is 0 Å². The van der Waals surface area contributed by atoms with Gasteiger partial charge < -0.3 is 13.9 Å². The monoisotopic (exact) mass is 368 g/mol. The summed E-state index contributed by atoms with van der Waals surface area (Å²) in [5, 5.41) is 16.4. The lowest BCUT2D eigenvalue weighted by Crippen LogP contribution is -1.77. The quantitative estimate of drug-likeness (QED) is 0.299. The van der Waals surface area contributed by atoms with Crippen molar-refractivity contribution >= 4 is 54.6 Å². The average Bonchev–Trinajstić information content (AvgIpc) is 3.27. The molecule has 0 aliphatic rings. The van der Waals surface area contributed by atoms with Gasteiger partial charge in [-0.3, -0.25) is 0 Å². The van der Waals surface area contributed by atoms with Crippen LogP contribution in [0.1, 0.15) is 19.4 Å². The highest BCUT2D eigenvalue weighted by atomic mass is 16.3. The number of benzene rings is 4. The van der Waals surface area contributed by atoms with E-state index in [4.69, 9.17) is 8.83 Å². The molecule has 0 saturated carbocycles. The second kappa shape index (κ2) is 6.03. The Hall–Kier alpha value is -3.46. The van der Waals surface area contributed by atoms with Gasteiger partial charge in [-0.05, 0) is 72.3 Å². The first-order valence-corrected chi connectivity index (χ1v) is 9.59. The first-order valence-electron chi connectivity index (χ1n) is 9.59. The number of aryl methyl sites for hydroxylation is 1. The molecule has 3 heteroatoms. The maximum absolute atomic E-state index is 9.93. The molecule has 0 saturated heterocycles. The summed E-state index contributed by atoms with van der Waals surface area (Å²) >= 11 is 0. The molecular weight excluding hydrogens is 348 g/mol. The zero-order valence-electron chi connectivity index (χ0n) is 16.0. The smallest absolute Gasteiger partial charge is 0.136 e. The minimum Gasteiger partial charge on any atom is -0.508 e. The molecule has 0 aliphatic carbocycles. The Morgan fingerprint density at radius 3 is 1.68 bits per heavy atom. The Balaban J connectivity index is 0.000000829. The summed E-state index contributed by atoms with van der Waals surface area (Å²) in [7, 11) is 0. The second-order valence-electron chi connectivity index (χ2n) is 6.86. The lowest BCUT2D eigenvalue weighted by Gasteiger charge is -2.02. The Bertz CT molecular complexity index is 1380. The van der Waals surface area contributed by atoms with E-state index in [1.807, 2.05) is 38.1 Å². The van der Waals surface area contributed by atoms with E-state index in [9.17, 15) is 5.11 Å². The molecular formula is C25H20O3. The van der Waals surface area contributed by atoms with Crippen molar-refractivity contribution in [1.82, 2.24) is 0 Å². The van der Waals surface area contributed by atoms with Crippen LogP contribution in [0.4, 0.5) is 0 Å². The van der Waals surface area contributed by atoms with Gasteiger partial charge in [0.15, 0.2) is 0 Å². The Kier molecular flexibility index (Phi) is 3.59. The number of phenolic OH excluding ortho intramolecular Hbond substituents is 1. The minimum atomic E-state index is 0.239. The van der Waals surface area contributed by atoms with Crippen LogP contribution in [0.25, 0.3) is 54.6 Å². The predicted molar refractivity (Wildman–Crippen MR) is 116 cm³/mol. The summed E-state index contributed by atoms with van der Waals surface area (Å²) in [4.78, 5) is 0. The molecule has 6 aromatic rings. The van der Waals surface area contributed by atoms with E-state index < -0.39 is 0 Å². The van der Waals surface area contributed by atoms with Crippen molar-refractivity contribution in [3.8, 4) is 5.75 Å². The highest BCUT2D eigenvalue weighted by Crippen LogP contribution is 2.41. The van der Waals surface area contributed by atoms with Gasteiger partial charge in [-0.2, -0.15) is 0 Å². The number of furan rings is 2. The molecule has 0 unspecified atom stereocenters. The highest BCUT2D eigenvalue weighted by molar-refractivity contribution is 6.27. The van der Waals surface area contributed by atoms with Crippen LogP contribution >= 0.6 is 0 Å². The summed E-state index contributed by atoms with van der Waals surface area (Å²) < 4.78 is 12.0. The molecule has 4 aromatic carbocycles. The Morgan fingerprint density at radius 2 is 1.07 bits per heavy atom. The lowest BCUT2D eigenvalue weighted by atomic mass is 9.99. The number of hydrogen-bond acceptors (Lipinski definition) is 3. The molecule has 1 N–H and O–H groups in total. The van der Waals surface area contributed by atoms with Crippen LogP contribution in [0.3, 0.4) is 0 Å². The fourth-order valence-electron chi connectivity index (χ4n) is 4.06. The minimum absolute atomic E-state index is 0.239. The molecule has 138 valence electrons. The topological polar surface area (TPSA) is 46.5 Å². The SMILES string of the molecule is CC.Cc1ccc2oc3ccc4c(ccc5oc6ccc(O)cc6c54)c3c2c1. The molecule has 6 rings (SSSR count). The van der Waals surface area contributed by atoms with Crippen LogP contribution in [-0.4, -0.2) is 5.11 Å². The summed E-state index contributed by atoms with van der Waals surface area (Å²) in [6.45, 7) is 6.09. The van der Waals surface area contributed by atoms with Gasteiger partial charge in [-0.25, -0.2) is 0 Å². The van der Waals surface area contributed by atoms with Crippen molar-refractivity contribution in [2.24, 2.45) is 0 Å². The third kappa shape index (κ3) is 2.23.